The number of fused-ring (bicyclic) bond motifs is 1. The number of sulfone groups is 1. The lowest BCUT2D eigenvalue weighted by molar-refractivity contribution is 0.0170. The first-order valence-electron chi connectivity index (χ1n) is 11.3. The maximum absolute atomic E-state index is 12.3. The van der Waals surface area contributed by atoms with E-state index in [1.165, 1.54) is 6.26 Å². The van der Waals surface area contributed by atoms with Crippen molar-refractivity contribution in [2.75, 3.05) is 31.3 Å². The van der Waals surface area contributed by atoms with Gasteiger partial charge in [-0.25, -0.2) is 13.2 Å². The van der Waals surface area contributed by atoms with Gasteiger partial charge in [0.15, 0.2) is 9.84 Å². The summed E-state index contributed by atoms with van der Waals surface area (Å²) in [6.45, 7) is 7.60. The van der Waals surface area contributed by atoms with Crippen LogP contribution < -0.4 is 10.1 Å². The number of amides is 1. The number of carbonyl (C=O) groups excluding carboxylic acids is 1. The lowest BCUT2D eigenvalue weighted by atomic mass is 9.89. The van der Waals surface area contributed by atoms with E-state index in [1.54, 1.807) is 17.0 Å². The zero-order valence-electron chi connectivity index (χ0n) is 19.6. The molecule has 1 atom stereocenters. The van der Waals surface area contributed by atoms with Crippen LogP contribution in [0.25, 0.3) is 11.1 Å². The average molecular weight is 473 g/mol. The largest absolute Gasteiger partial charge is 0.489 e. The first-order valence-corrected chi connectivity index (χ1v) is 13.2. The predicted molar refractivity (Wildman–Crippen MR) is 128 cm³/mol. The fourth-order valence-electron chi connectivity index (χ4n) is 4.32. The maximum Gasteiger partial charge on any atom is 0.410 e. The van der Waals surface area contributed by atoms with Crippen LogP contribution >= 0.6 is 0 Å². The fraction of sp³-hybridized carbons (Fsp3) is 0.480. The summed E-state index contributed by atoms with van der Waals surface area (Å²) in [5.41, 5.74) is 2.38. The molecule has 0 radical (unpaired) electrons. The normalized spacial score (nSPS) is 19.3. The summed E-state index contributed by atoms with van der Waals surface area (Å²) in [7, 11) is -3.21. The van der Waals surface area contributed by atoms with Crippen LogP contribution in [0, 0.1) is 5.92 Å². The standard InChI is InChI=1S/C25H32N2O5S/c1-25(2,3)32-24(28)27-13-11-18(12-14-27)22-16-31-23-15-19(7-10-21(23)26-22)17-5-8-20(9-6-17)33(4,29)30/h5-10,15,18,22,26H,11-14,16H2,1-4H3. The van der Waals surface area contributed by atoms with E-state index in [9.17, 15) is 13.2 Å². The zero-order chi connectivity index (χ0) is 23.8. The Morgan fingerprint density at radius 1 is 1.06 bits per heavy atom. The molecular weight excluding hydrogens is 440 g/mol. The molecule has 2 aromatic rings. The van der Waals surface area contributed by atoms with E-state index in [1.807, 2.05) is 51.1 Å². The summed E-state index contributed by atoms with van der Waals surface area (Å²) in [6, 6.07) is 13.1. The number of nitrogens with one attached hydrogen (secondary N) is 1. The summed E-state index contributed by atoms with van der Waals surface area (Å²) in [4.78, 5) is 14.4. The van der Waals surface area contributed by atoms with Crippen LogP contribution in [0.3, 0.4) is 0 Å². The summed E-state index contributed by atoms with van der Waals surface area (Å²) in [5, 5.41) is 3.62. The average Bonchev–Trinajstić information content (AvgIpc) is 2.77. The van der Waals surface area contributed by atoms with Gasteiger partial charge in [-0.15, -0.1) is 0 Å². The highest BCUT2D eigenvalue weighted by Crippen LogP contribution is 2.36. The topological polar surface area (TPSA) is 84.9 Å². The first-order chi connectivity index (χ1) is 15.5. The number of benzene rings is 2. The second kappa shape index (κ2) is 8.89. The van der Waals surface area contributed by atoms with Crippen LogP contribution in [0.1, 0.15) is 33.6 Å². The number of carbonyl (C=O) groups is 1. The number of anilines is 1. The number of ether oxygens (including phenoxy) is 2. The Bertz CT molecular complexity index is 1110. The van der Waals surface area contributed by atoms with E-state index >= 15 is 0 Å². The quantitative estimate of drug-likeness (QED) is 0.704. The smallest absolute Gasteiger partial charge is 0.410 e. The Morgan fingerprint density at radius 2 is 1.70 bits per heavy atom. The van der Waals surface area contributed by atoms with Crippen molar-refractivity contribution in [2.45, 2.75) is 50.2 Å². The third kappa shape index (κ3) is 5.61. The van der Waals surface area contributed by atoms with Crippen molar-refractivity contribution in [3.63, 3.8) is 0 Å². The van der Waals surface area contributed by atoms with Crippen molar-refractivity contribution in [2.24, 2.45) is 5.92 Å². The predicted octanol–water partition coefficient (Wildman–Crippen LogP) is 4.58. The second-order valence-electron chi connectivity index (χ2n) is 9.87. The van der Waals surface area contributed by atoms with E-state index in [2.05, 4.69) is 5.32 Å². The SMILES string of the molecule is CC(C)(C)OC(=O)N1CCC(C2COc3cc(-c4ccc(S(C)(=O)=O)cc4)ccc3N2)CC1. The molecule has 4 rings (SSSR count). The maximum atomic E-state index is 12.3. The molecule has 33 heavy (non-hydrogen) atoms. The minimum atomic E-state index is -3.21. The fourth-order valence-corrected chi connectivity index (χ4v) is 4.95. The van der Waals surface area contributed by atoms with Gasteiger partial charge in [-0.2, -0.15) is 0 Å². The summed E-state index contributed by atoms with van der Waals surface area (Å²) in [5.74, 6) is 1.21. The first kappa shape index (κ1) is 23.4. The van der Waals surface area contributed by atoms with Crippen LogP contribution in [-0.4, -0.2) is 57.0 Å². The molecule has 1 saturated heterocycles. The van der Waals surface area contributed by atoms with Crippen molar-refractivity contribution in [1.82, 2.24) is 4.90 Å². The van der Waals surface area contributed by atoms with Gasteiger partial charge in [0.05, 0.1) is 16.6 Å². The number of piperidine rings is 1. The van der Waals surface area contributed by atoms with Gasteiger partial charge in [-0.05, 0) is 74.9 Å². The molecule has 0 saturated carbocycles. The van der Waals surface area contributed by atoms with Crippen molar-refractivity contribution in [3.8, 4) is 16.9 Å². The molecule has 2 heterocycles. The molecule has 0 bridgehead atoms. The minimum absolute atomic E-state index is 0.193. The van der Waals surface area contributed by atoms with Gasteiger partial charge in [0, 0.05) is 19.3 Å². The monoisotopic (exact) mass is 472 g/mol. The number of hydrogen-bond donors (Lipinski definition) is 1. The summed E-state index contributed by atoms with van der Waals surface area (Å²) in [6.07, 6.45) is 2.77. The molecule has 1 unspecified atom stereocenters. The zero-order valence-corrected chi connectivity index (χ0v) is 20.4. The van der Waals surface area contributed by atoms with Gasteiger partial charge in [0.1, 0.15) is 18.0 Å². The molecule has 1 fully saturated rings. The number of hydrogen-bond acceptors (Lipinski definition) is 6. The van der Waals surface area contributed by atoms with Crippen molar-refractivity contribution < 1.29 is 22.7 Å². The second-order valence-corrected chi connectivity index (χ2v) is 11.9. The Labute approximate surface area is 196 Å². The molecule has 2 aliphatic rings. The van der Waals surface area contributed by atoms with E-state index < -0.39 is 15.4 Å². The van der Waals surface area contributed by atoms with E-state index in [0.29, 0.717) is 30.5 Å². The number of rotatable bonds is 3. The van der Waals surface area contributed by atoms with E-state index in [0.717, 1.165) is 35.4 Å². The molecule has 178 valence electrons. The molecule has 2 aromatic carbocycles. The number of likely N-dealkylation sites (tertiary alicyclic amines) is 1. The Kier molecular flexibility index (Phi) is 6.31. The highest BCUT2D eigenvalue weighted by Gasteiger charge is 2.33. The lowest BCUT2D eigenvalue weighted by Crippen LogP contribution is -2.47. The lowest BCUT2D eigenvalue weighted by Gasteiger charge is -2.39. The highest BCUT2D eigenvalue weighted by atomic mass is 32.2. The van der Waals surface area contributed by atoms with Crippen LogP contribution in [0.4, 0.5) is 10.5 Å². The summed E-state index contributed by atoms with van der Waals surface area (Å²) < 4.78 is 35.0. The summed E-state index contributed by atoms with van der Waals surface area (Å²) >= 11 is 0. The molecule has 0 spiro atoms. The third-order valence-electron chi connectivity index (χ3n) is 6.12. The van der Waals surface area contributed by atoms with Gasteiger partial charge in [-0.3, -0.25) is 0 Å². The van der Waals surface area contributed by atoms with Crippen molar-refractivity contribution >= 4 is 21.6 Å². The van der Waals surface area contributed by atoms with Crippen molar-refractivity contribution in [3.05, 3.63) is 42.5 Å². The third-order valence-corrected chi connectivity index (χ3v) is 7.25. The van der Waals surface area contributed by atoms with Crippen molar-refractivity contribution in [1.29, 1.82) is 0 Å². The molecule has 8 heteroatoms. The van der Waals surface area contributed by atoms with Gasteiger partial charge in [-0.1, -0.05) is 18.2 Å². The highest BCUT2D eigenvalue weighted by molar-refractivity contribution is 7.90. The van der Waals surface area contributed by atoms with Crippen LogP contribution in [-0.2, 0) is 14.6 Å². The number of nitrogens with zero attached hydrogens (tertiary/aromatic N) is 1. The van der Waals surface area contributed by atoms with Crippen LogP contribution in [0.5, 0.6) is 5.75 Å². The van der Waals surface area contributed by atoms with Crippen LogP contribution in [0.2, 0.25) is 0 Å². The van der Waals surface area contributed by atoms with Gasteiger partial charge < -0.3 is 19.7 Å². The molecule has 0 aromatic heterocycles. The molecule has 2 aliphatic heterocycles. The molecule has 1 N–H and O–H groups in total. The van der Waals surface area contributed by atoms with Crippen LogP contribution in [0.15, 0.2) is 47.4 Å². The Balaban J connectivity index is 1.38. The Hall–Kier alpha value is -2.74. The minimum Gasteiger partial charge on any atom is -0.489 e. The molecular formula is C25H32N2O5S. The van der Waals surface area contributed by atoms with Gasteiger partial charge in [0.25, 0.3) is 0 Å². The van der Waals surface area contributed by atoms with Gasteiger partial charge >= 0.3 is 6.09 Å². The van der Waals surface area contributed by atoms with E-state index in [-0.39, 0.29) is 12.1 Å². The molecule has 1 amide bonds. The molecule has 0 aliphatic carbocycles. The van der Waals surface area contributed by atoms with E-state index in [4.69, 9.17) is 9.47 Å². The Morgan fingerprint density at radius 3 is 2.30 bits per heavy atom. The molecule has 7 nitrogen and oxygen atoms in total. The van der Waals surface area contributed by atoms with Gasteiger partial charge in [0.2, 0.25) is 0 Å².